The van der Waals surface area contributed by atoms with Gasteiger partial charge in [0.05, 0.1) is 0 Å². The summed E-state index contributed by atoms with van der Waals surface area (Å²) in [6, 6.07) is 9.74. The average Bonchev–Trinajstić information content (AvgIpc) is 2.29. The zero-order valence-corrected chi connectivity index (χ0v) is 9.42. The first-order valence-corrected chi connectivity index (χ1v) is 6.12. The van der Waals surface area contributed by atoms with Crippen molar-refractivity contribution < 1.29 is 0 Å². The fourth-order valence-corrected chi connectivity index (χ4v) is 3.47. The molecule has 1 aromatic carbocycles. The van der Waals surface area contributed by atoms with Crippen LogP contribution in [0.4, 0.5) is 0 Å². The second kappa shape index (κ2) is 3.34. The molecule has 0 spiro atoms. The first-order valence-electron chi connectivity index (χ1n) is 6.12. The largest absolute Gasteiger partial charge is 0.313 e. The molecule has 0 aromatic heterocycles. The Balaban J connectivity index is 2.09. The number of fused-ring (bicyclic) bond motifs is 3. The van der Waals surface area contributed by atoms with Crippen molar-refractivity contribution in [1.29, 1.82) is 0 Å². The van der Waals surface area contributed by atoms with E-state index >= 15 is 0 Å². The van der Waals surface area contributed by atoms with Crippen LogP contribution in [0.1, 0.15) is 37.3 Å². The van der Waals surface area contributed by atoms with Crippen molar-refractivity contribution in [3.05, 3.63) is 35.4 Å². The molecular formula is C14H19N. The summed E-state index contributed by atoms with van der Waals surface area (Å²) < 4.78 is 0. The Morgan fingerprint density at radius 1 is 1.33 bits per heavy atom. The molecule has 2 atom stereocenters. The van der Waals surface area contributed by atoms with E-state index in [0.29, 0.717) is 11.5 Å². The van der Waals surface area contributed by atoms with Crippen molar-refractivity contribution in [2.75, 3.05) is 6.54 Å². The van der Waals surface area contributed by atoms with Crippen LogP contribution >= 0.6 is 0 Å². The van der Waals surface area contributed by atoms with Crippen molar-refractivity contribution in [3.63, 3.8) is 0 Å². The maximum absolute atomic E-state index is 3.70. The van der Waals surface area contributed by atoms with Gasteiger partial charge in [-0.15, -0.1) is 0 Å². The van der Waals surface area contributed by atoms with Crippen LogP contribution in [0.25, 0.3) is 0 Å². The third-order valence-electron chi connectivity index (χ3n) is 4.37. The number of benzene rings is 1. The zero-order valence-electron chi connectivity index (χ0n) is 9.42. The van der Waals surface area contributed by atoms with Gasteiger partial charge < -0.3 is 5.32 Å². The molecule has 1 heterocycles. The van der Waals surface area contributed by atoms with Crippen LogP contribution in [0, 0.1) is 0 Å². The molecule has 15 heavy (non-hydrogen) atoms. The molecule has 0 amide bonds. The van der Waals surface area contributed by atoms with Crippen LogP contribution in [0.2, 0.25) is 0 Å². The minimum absolute atomic E-state index is 0.396. The normalized spacial score (nSPS) is 34.3. The second-order valence-electron chi connectivity index (χ2n) is 5.22. The summed E-state index contributed by atoms with van der Waals surface area (Å²) >= 11 is 0. The second-order valence-corrected chi connectivity index (χ2v) is 5.22. The van der Waals surface area contributed by atoms with E-state index in [2.05, 4.69) is 36.5 Å². The molecule has 1 nitrogen and oxygen atoms in total. The van der Waals surface area contributed by atoms with Crippen LogP contribution in [-0.4, -0.2) is 12.6 Å². The van der Waals surface area contributed by atoms with Gasteiger partial charge in [0.1, 0.15) is 0 Å². The van der Waals surface area contributed by atoms with Crippen molar-refractivity contribution >= 4 is 0 Å². The highest BCUT2D eigenvalue weighted by molar-refractivity contribution is 5.38. The summed E-state index contributed by atoms with van der Waals surface area (Å²) in [6.45, 7) is 3.66. The summed E-state index contributed by atoms with van der Waals surface area (Å²) in [7, 11) is 0. The predicted octanol–water partition coefficient (Wildman–Crippen LogP) is 2.64. The molecule has 0 saturated carbocycles. The van der Waals surface area contributed by atoms with Gasteiger partial charge in [0.2, 0.25) is 0 Å². The lowest BCUT2D eigenvalue weighted by Gasteiger charge is -2.46. The third-order valence-corrected chi connectivity index (χ3v) is 4.37. The van der Waals surface area contributed by atoms with Gasteiger partial charge in [0.15, 0.2) is 0 Å². The molecule has 1 unspecified atom stereocenters. The van der Waals surface area contributed by atoms with Gasteiger partial charge in [0, 0.05) is 11.5 Å². The van der Waals surface area contributed by atoms with E-state index in [-0.39, 0.29) is 0 Å². The Morgan fingerprint density at radius 2 is 2.20 bits per heavy atom. The first kappa shape index (κ1) is 9.41. The number of hydrogen-bond acceptors (Lipinski definition) is 1. The van der Waals surface area contributed by atoms with Gasteiger partial charge >= 0.3 is 0 Å². The molecule has 0 radical (unpaired) electrons. The van der Waals surface area contributed by atoms with Crippen LogP contribution < -0.4 is 5.32 Å². The highest BCUT2D eigenvalue weighted by Crippen LogP contribution is 2.42. The quantitative estimate of drug-likeness (QED) is 0.680. The molecule has 2 aliphatic rings. The highest BCUT2D eigenvalue weighted by Gasteiger charge is 2.41. The molecule has 1 aliphatic heterocycles. The number of rotatable bonds is 0. The average molecular weight is 201 g/mol. The van der Waals surface area contributed by atoms with Gasteiger partial charge in [0.25, 0.3) is 0 Å². The maximum atomic E-state index is 3.70. The zero-order chi connectivity index (χ0) is 10.3. The van der Waals surface area contributed by atoms with Gasteiger partial charge in [-0.1, -0.05) is 31.2 Å². The molecule has 80 valence electrons. The highest BCUT2D eigenvalue weighted by atomic mass is 14.9. The number of piperidine rings is 1. The van der Waals surface area contributed by atoms with E-state index in [1.165, 1.54) is 32.2 Å². The lowest BCUT2D eigenvalue weighted by molar-refractivity contribution is 0.220. The van der Waals surface area contributed by atoms with Crippen molar-refractivity contribution in [3.8, 4) is 0 Å². The van der Waals surface area contributed by atoms with Gasteiger partial charge in [-0.2, -0.15) is 0 Å². The van der Waals surface area contributed by atoms with Crippen LogP contribution in [0.3, 0.4) is 0 Å². The molecule has 1 aromatic rings. The van der Waals surface area contributed by atoms with E-state index in [4.69, 9.17) is 0 Å². The molecule has 1 fully saturated rings. The Hall–Kier alpha value is -0.820. The van der Waals surface area contributed by atoms with Gasteiger partial charge in [-0.05, 0) is 43.4 Å². The Labute approximate surface area is 91.9 Å². The van der Waals surface area contributed by atoms with Gasteiger partial charge in [-0.25, -0.2) is 0 Å². The first-order chi connectivity index (χ1) is 7.31. The summed E-state index contributed by atoms with van der Waals surface area (Å²) in [6.07, 6.45) is 5.24. The Bertz CT molecular complexity index is 371. The van der Waals surface area contributed by atoms with Crippen molar-refractivity contribution in [2.45, 2.75) is 44.1 Å². The summed E-state index contributed by atoms with van der Waals surface area (Å²) in [5.41, 5.74) is 3.58. The van der Waals surface area contributed by atoms with Crippen LogP contribution in [0.15, 0.2) is 24.3 Å². The van der Waals surface area contributed by atoms with E-state index < -0.39 is 0 Å². The van der Waals surface area contributed by atoms with E-state index in [9.17, 15) is 0 Å². The fourth-order valence-electron chi connectivity index (χ4n) is 3.47. The lowest BCUT2D eigenvalue weighted by atomic mass is 9.64. The van der Waals surface area contributed by atoms with Crippen LogP contribution in [0.5, 0.6) is 0 Å². The Kier molecular flexibility index (Phi) is 2.10. The smallest absolute Gasteiger partial charge is 0.0165 e. The lowest BCUT2D eigenvalue weighted by Crippen LogP contribution is -2.53. The topological polar surface area (TPSA) is 12.0 Å². The SMILES string of the molecule is C[C@]12CCCNC1CCc1ccccc12. The molecule has 1 heteroatoms. The molecule has 0 bridgehead atoms. The maximum Gasteiger partial charge on any atom is 0.0165 e. The Morgan fingerprint density at radius 3 is 3.13 bits per heavy atom. The molecule has 1 saturated heterocycles. The molecule has 1 N–H and O–H groups in total. The third kappa shape index (κ3) is 1.33. The summed E-state index contributed by atoms with van der Waals surface area (Å²) in [5.74, 6) is 0. The van der Waals surface area contributed by atoms with E-state index in [1.54, 1.807) is 11.1 Å². The predicted molar refractivity (Wildman–Crippen MR) is 63.1 cm³/mol. The minimum Gasteiger partial charge on any atom is -0.313 e. The van der Waals surface area contributed by atoms with Crippen molar-refractivity contribution in [1.82, 2.24) is 5.32 Å². The fraction of sp³-hybridized carbons (Fsp3) is 0.571. The van der Waals surface area contributed by atoms with E-state index in [1.807, 2.05) is 0 Å². The number of nitrogens with one attached hydrogen (secondary N) is 1. The number of hydrogen-bond donors (Lipinski definition) is 1. The monoisotopic (exact) mass is 201 g/mol. The van der Waals surface area contributed by atoms with Crippen LogP contribution in [-0.2, 0) is 11.8 Å². The van der Waals surface area contributed by atoms with E-state index in [0.717, 1.165) is 0 Å². The minimum atomic E-state index is 0.396. The van der Waals surface area contributed by atoms with Gasteiger partial charge in [-0.3, -0.25) is 0 Å². The number of aryl methyl sites for hydroxylation is 1. The molecule has 3 rings (SSSR count). The summed E-state index contributed by atoms with van der Waals surface area (Å²) in [4.78, 5) is 0. The summed E-state index contributed by atoms with van der Waals surface area (Å²) in [5, 5.41) is 3.70. The van der Waals surface area contributed by atoms with Crippen molar-refractivity contribution in [2.24, 2.45) is 0 Å². The standard InChI is InChI=1S/C14H19N/c1-14-9-4-10-15-13(14)8-7-11-5-2-3-6-12(11)14/h2-3,5-6,13,15H,4,7-10H2,1H3/t13?,14-/m1/s1. The molecular weight excluding hydrogens is 182 g/mol. The molecule has 1 aliphatic carbocycles.